The number of benzene rings is 1. The largest absolute Gasteiger partial charge is 0.447 e. The number of rotatable bonds is 6. The number of amides is 1. The highest BCUT2D eigenvalue weighted by molar-refractivity contribution is 5.89. The molecule has 9 nitrogen and oxygen atoms in total. The Bertz CT molecular complexity index is 1360. The zero-order valence-corrected chi connectivity index (χ0v) is 18.8. The summed E-state index contributed by atoms with van der Waals surface area (Å²) >= 11 is 0. The van der Waals surface area contributed by atoms with Gasteiger partial charge in [-0.05, 0) is 44.0 Å². The van der Waals surface area contributed by atoms with Gasteiger partial charge >= 0.3 is 12.3 Å². The maximum atomic E-state index is 14.0. The van der Waals surface area contributed by atoms with Gasteiger partial charge in [0.1, 0.15) is 48.4 Å². The Morgan fingerprint density at radius 2 is 2.06 bits per heavy atom. The number of imidazole rings is 1. The van der Waals surface area contributed by atoms with Crippen molar-refractivity contribution in [3.63, 3.8) is 0 Å². The van der Waals surface area contributed by atoms with Crippen LogP contribution in [0.5, 0.6) is 0 Å². The second-order valence-electron chi connectivity index (χ2n) is 8.61. The molecule has 2 aromatic heterocycles. The van der Waals surface area contributed by atoms with Crippen molar-refractivity contribution in [1.29, 1.82) is 5.26 Å². The number of alkyl halides is 4. The average molecular weight is 501 g/mol. The number of anilines is 2. The fourth-order valence-corrected chi connectivity index (χ4v) is 4.17. The molecule has 186 valence electrons. The smallest absolute Gasteiger partial charge is 0.416 e. The summed E-state index contributed by atoms with van der Waals surface area (Å²) in [6.07, 6.45) is -2.78. The van der Waals surface area contributed by atoms with Gasteiger partial charge in [-0.15, -0.1) is 0 Å². The van der Waals surface area contributed by atoms with Crippen molar-refractivity contribution in [1.82, 2.24) is 19.5 Å². The molecule has 5 rings (SSSR count). The molecule has 1 aliphatic carbocycles. The number of hydrogen-bond acceptors (Lipinski definition) is 7. The number of nitrogens with one attached hydrogen (secondary N) is 1. The normalized spacial score (nSPS) is 19.5. The summed E-state index contributed by atoms with van der Waals surface area (Å²) in [6, 6.07) is 7.28. The van der Waals surface area contributed by atoms with Gasteiger partial charge < -0.3 is 10.1 Å². The van der Waals surface area contributed by atoms with E-state index in [1.807, 2.05) is 6.07 Å². The molecule has 1 saturated heterocycles. The van der Waals surface area contributed by atoms with Crippen LogP contribution in [0.4, 0.5) is 34.1 Å². The molecule has 2 fully saturated rings. The predicted octanol–water partition coefficient (Wildman–Crippen LogP) is 4.34. The van der Waals surface area contributed by atoms with Gasteiger partial charge in [0.05, 0.1) is 11.1 Å². The zero-order chi connectivity index (χ0) is 25.7. The molecule has 1 N–H and O–H groups in total. The van der Waals surface area contributed by atoms with Gasteiger partial charge in [0, 0.05) is 11.9 Å². The zero-order valence-electron chi connectivity index (χ0n) is 18.8. The highest BCUT2D eigenvalue weighted by atomic mass is 19.4. The van der Waals surface area contributed by atoms with Crippen LogP contribution in [-0.2, 0) is 16.5 Å². The molecule has 1 saturated carbocycles. The van der Waals surface area contributed by atoms with Crippen molar-refractivity contribution >= 4 is 17.9 Å². The summed E-state index contributed by atoms with van der Waals surface area (Å²) in [6.45, 7) is 1.22. The molecule has 0 radical (unpaired) electrons. The number of halogens is 4. The molecule has 1 aromatic carbocycles. The van der Waals surface area contributed by atoms with Crippen LogP contribution in [-0.4, -0.2) is 44.4 Å². The second-order valence-corrected chi connectivity index (χ2v) is 8.61. The van der Waals surface area contributed by atoms with Gasteiger partial charge in [-0.1, -0.05) is 6.07 Å². The fourth-order valence-electron chi connectivity index (χ4n) is 4.17. The van der Waals surface area contributed by atoms with Crippen LogP contribution in [0, 0.1) is 11.3 Å². The predicted molar refractivity (Wildman–Crippen MR) is 118 cm³/mol. The van der Waals surface area contributed by atoms with Crippen LogP contribution in [0.25, 0.3) is 5.69 Å². The maximum Gasteiger partial charge on any atom is 0.416 e. The minimum Gasteiger partial charge on any atom is -0.447 e. The van der Waals surface area contributed by atoms with E-state index >= 15 is 0 Å². The quantitative estimate of drug-likeness (QED) is 0.501. The summed E-state index contributed by atoms with van der Waals surface area (Å²) in [7, 11) is 0. The fraction of sp³-hybridized carbons (Fsp3) is 0.348. The number of carbonyl (C=O) groups excluding carboxylic acids is 1. The van der Waals surface area contributed by atoms with Crippen LogP contribution < -0.4 is 10.2 Å². The van der Waals surface area contributed by atoms with E-state index in [-0.39, 0.29) is 29.8 Å². The molecule has 3 aromatic rings. The molecule has 1 amide bonds. The van der Waals surface area contributed by atoms with Crippen molar-refractivity contribution in [2.24, 2.45) is 0 Å². The van der Waals surface area contributed by atoms with Crippen molar-refractivity contribution in [2.45, 2.75) is 43.7 Å². The van der Waals surface area contributed by atoms with Gasteiger partial charge in [0.25, 0.3) is 0 Å². The Morgan fingerprint density at radius 3 is 2.72 bits per heavy atom. The van der Waals surface area contributed by atoms with E-state index in [1.54, 1.807) is 0 Å². The lowest BCUT2D eigenvalue weighted by atomic mass is 10.1. The van der Waals surface area contributed by atoms with E-state index in [2.05, 4.69) is 20.3 Å². The van der Waals surface area contributed by atoms with Crippen molar-refractivity contribution < 1.29 is 27.1 Å². The van der Waals surface area contributed by atoms with E-state index in [4.69, 9.17) is 4.74 Å². The van der Waals surface area contributed by atoms with Crippen LogP contribution in [0.3, 0.4) is 0 Å². The molecular weight excluding hydrogens is 482 g/mol. The molecule has 0 bridgehead atoms. The van der Waals surface area contributed by atoms with Crippen molar-refractivity contribution in [2.75, 3.05) is 16.8 Å². The van der Waals surface area contributed by atoms with E-state index in [0.717, 1.165) is 17.0 Å². The summed E-state index contributed by atoms with van der Waals surface area (Å²) in [5.74, 6) is 0.266. The SMILES string of the molecule is C[C@H](F)[C@H]1COC(=O)N1c1ccnc(NC2(c3ncn(-c4cccc(C(F)(F)F)c4)c3C#N)CC2)n1. The highest BCUT2D eigenvalue weighted by Crippen LogP contribution is 2.48. The van der Waals surface area contributed by atoms with Gasteiger partial charge in [0.2, 0.25) is 5.95 Å². The van der Waals surface area contributed by atoms with E-state index in [0.29, 0.717) is 18.5 Å². The lowest BCUT2D eigenvalue weighted by Gasteiger charge is -2.22. The summed E-state index contributed by atoms with van der Waals surface area (Å²) < 4.78 is 59.8. The number of carbonyl (C=O) groups is 1. The van der Waals surface area contributed by atoms with E-state index < -0.39 is 35.6 Å². The number of ether oxygens (including phenoxy) is 1. The Kier molecular flexibility index (Phi) is 5.54. The third-order valence-corrected chi connectivity index (χ3v) is 6.20. The topological polar surface area (TPSA) is 109 Å². The Hall–Kier alpha value is -4.21. The lowest BCUT2D eigenvalue weighted by molar-refractivity contribution is -0.137. The first kappa shape index (κ1) is 23.5. The third kappa shape index (κ3) is 4.08. The molecule has 2 atom stereocenters. The Labute approximate surface area is 202 Å². The Balaban J connectivity index is 1.45. The van der Waals surface area contributed by atoms with Gasteiger partial charge in [0.15, 0.2) is 0 Å². The number of aromatic nitrogens is 4. The maximum absolute atomic E-state index is 14.0. The highest BCUT2D eigenvalue weighted by Gasteiger charge is 2.49. The first-order valence-electron chi connectivity index (χ1n) is 11.0. The molecule has 2 aliphatic rings. The summed E-state index contributed by atoms with van der Waals surface area (Å²) in [5.41, 5.74) is -1.11. The minimum atomic E-state index is -4.53. The molecule has 3 heterocycles. The first-order valence-corrected chi connectivity index (χ1v) is 11.0. The number of hydrogen-bond donors (Lipinski definition) is 1. The van der Waals surface area contributed by atoms with Gasteiger partial charge in [-0.25, -0.2) is 19.2 Å². The lowest BCUT2D eigenvalue weighted by Crippen LogP contribution is -2.39. The molecule has 13 heteroatoms. The molecule has 0 unspecified atom stereocenters. The monoisotopic (exact) mass is 501 g/mol. The standard InChI is InChI=1S/C23H19F4N7O2/c1-13(24)17-11-36-21(35)34(17)18-5-8-29-20(31-18)32-22(6-7-22)19-16(10-28)33(12-30-19)15-4-2-3-14(9-15)23(25,26)27/h2-5,8-9,12-13,17H,6-7,11H2,1H3,(H,29,31,32)/t13-,17+/m0/s1. The molecular formula is C23H19F4N7O2. The Morgan fingerprint density at radius 1 is 1.28 bits per heavy atom. The number of cyclic esters (lactones) is 1. The van der Waals surface area contributed by atoms with Gasteiger partial charge in [-0.3, -0.25) is 9.47 Å². The van der Waals surface area contributed by atoms with Crippen LogP contribution in [0.1, 0.15) is 36.7 Å². The minimum absolute atomic E-state index is 0.0740. The molecule has 36 heavy (non-hydrogen) atoms. The second kappa shape index (κ2) is 8.47. The number of nitrogens with zero attached hydrogens (tertiary/aromatic N) is 6. The molecule has 1 aliphatic heterocycles. The van der Waals surface area contributed by atoms with Crippen molar-refractivity contribution in [3.8, 4) is 11.8 Å². The summed E-state index contributed by atoms with van der Waals surface area (Å²) in [5, 5.41) is 13.0. The first-order chi connectivity index (χ1) is 17.1. The van der Waals surface area contributed by atoms with E-state index in [9.17, 15) is 27.6 Å². The summed E-state index contributed by atoms with van der Waals surface area (Å²) in [4.78, 5) is 26.1. The van der Waals surface area contributed by atoms with Crippen LogP contribution in [0.15, 0.2) is 42.9 Å². The van der Waals surface area contributed by atoms with E-state index in [1.165, 1.54) is 42.2 Å². The number of nitriles is 1. The van der Waals surface area contributed by atoms with Crippen molar-refractivity contribution in [3.05, 3.63) is 59.8 Å². The average Bonchev–Trinajstić information content (AvgIpc) is 3.30. The van der Waals surface area contributed by atoms with Gasteiger partial charge in [-0.2, -0.15) is 23.4 Å². The van der Waals surface area contributed by atoms with Crippen LogP contribution in [0.2, 0.25) is 0 Å². The van der Waals surface area contributed by atoms with Crippen LogP contribution >= 0.6 is 0 Å². The third-order valence-electron chi connectivity index (χ3n) is 6.20. The molecule has 0 spiro atoms.